The van der Waals surface area contributed by atoms with Crippen LogP contribution in [0.2, 0.25) is 5.02 Å². The lowest BCUT2D eigenvalue weighted by Gasteiger charge is -2.20. The average Bonchev–Trinajstić information content (AvgIpc) is 2.97. The molecule has 1 aliphatic rings. The number of ether oxygens (including phenoxy) is 1. The van der Waals surface area contributed by atoms with E-state index in [1.807, 2.05) is 0 Å². The molecule has 8 nitrogen and oxygen atoms in total. The number of imide groups is 1. The third-order valence-electron chi connectivity index (χ3n) is 4.33. The molecule has 0 fully saturated rings. The van der Waals surface area contributed by atoms with Gasteiger partial charge in [0.05, 0.1) is 21.7 Å². The Hall–Kier alpha value is -3.47. The summed E-state index contributed by atoms with van der Waals surface area (Å²) in [6.45, 7) is 0.418. The first kappa shape index (κ1) is 22.2. The summed E-state index contributed by atoms with van der Waals surface area (Å²) in [5, 5.41) is 1.65. The number of hydrogen-bond donors (Lipinski definition) is 1. The zero-order valence-electron chi connectivity index (χ0n) is 15.7. The minimum Gasteiger partial charge on any atom is -0.454 e. The number of carbonyl (C=O) groups excluding carboxylic acids is 4. The Bertz CT molecular complexity index is 1050. The highest BCUT2D eigenvalue weighted by molar-refractivity contribution is 6.33. The second-order valence-corrected chi connectivity index (χ2v) is 6.82. The van der Waals surface area contributed by atoms with Crippen molar-refractivity contribution in [2.24, 2.45) is 0 Å². The lowest BCUT2D eigenvalue weighted by atomic mass is 10.1. The zero-order chi connectivity index (χ0) is 22.9. The maximum absolute atomic E-state index is 12.6. The summed E-state index contributed by atoms with van der Waals surface area (Å²) in [6.07, 6.45) is -4.17. The maximum atomic E-state index is 12.6. The summed E-state index contributed by atoms with van der Waals surface area (Å²) < 4.78 is 42.7. The van der Waals surface area contributed by atoms with Gasteiger partial charge < -0.3 is 10.1 Å². The number of carbonyl (C=O) groups is 4. The molecule has 1 aliphatic heterocycles. The smallest absolute Gasteiger partial charge is 0.417 e. The van der Waals surface area contributed by atoms with Gasteiger partial charge in [-0.3, -0.25) is 19.3 Å². The molecular weight excluding hydrogens is 443 g/mol. The number of benzene rings is 1. The number of anilines is 1. The molecule has 1 aromatic carbocycles. The van der Waals surface area contributed by atoms with E-state index in [-0.39, 0.29) is 16.9 Å². The lowest BCUT2D eigenvalue weighted by molar-refractivity contribution is -0.150. The number of hydrogen-bond acceptors (Lipinski definition) is 6. The molecule has 0 aliphatic carbocycles. The summed E-state index contributed by atoms with van der Waals surface area (Å²) in [6, 6.07) is 5.31. The van der Waals surface area contributed by atoms with Crippen LogP contribution in [-0.4, -0.2) is 46.2 Å². The van der Waals surface area contributed by atoms with E-state index in [2.05, 4.69) is 10.3 Å². The molecule has 1 atom stereocenters. The van der Waals surface area contributed by atoms with Gasteiger partial charge in [0.25, 0.3) is 17.7 Å². The number of alkyl halides is 3. The average molecular weight is 456 g/mol. The fourth-order valence-corrected chi connectivity index (χ4v) is 2.99. The molecule has 0 radical (unpaired) electrons. The zero-order valence-corrected chi connectivity index (χ0v) is 16.5. The van der Waals surface area contributed by atoms with E-state index in [0.717, 1.165) is 4.90 Å². The van der Waals surface area contributed by atoms with Crippen molar-refractivity contribution >= 4 is 41.1 Å². The number of halogens is 4. The van der Waals surface area contributed by atoms with Gasteiger partial charge in [-0.1, -0.05) is 23.7 Å². The Morgan fingerprint density at radius 2 is 1.77 bits per heavy atom. The first-order valence-electron chi connectivity index (χ1n) is 8.67. The minimum atomic E-state index is -4.66. The predicted octanol–water partition coefficient (Wildman–Crippen LogP) is 2.92. The lowest BCUT2D eigenvalue weighted by Crippen LogP contribution is -2.44. The summed E-state index contributed by atoms with van der Waals surface area (Å²) in [7, 11) is 0. The first-order chi connectivity index (χ1) is 14.5. The van der Waals surface area contributed by atoms with E-state index >= 15 is 0 Å². The molecule has 0 spiro atoms. The van der Waals surface area contributed by atoms with Gasteiger partial charge in [0.1, 0.15) is 6.04 Å². The van der Waals surface area contributed by atoms with Gasteiger partial charge in [0, 0.05) is 6.20 Å². The number of fused-ring (bicyclic) bond motifs is 1. The molecule has 0 bridgehead atoms. The minimum absolute atomic E-state index is 0.146. The number of esters is 1. The van der Waals surface area contributed by atoms with Crippen LogP contribution in [0.3, 0.4) is 0 Å². The van der Waals surface area contributed by atoms with Crippen LogP contribution in [0.1, 0.15) is 33.2 Å². The molecule has 31 heavy (non-hydrogen) atoms. The van der Waals surface area contributed by atoms with Gasteiger partial charge in [-0.05, 0) is 25.1 Å². The van der Waals surface area contributed by atoms with Crippen LogP contribution in [-0.2, 0) is 20.5 Å². The molecule has 2 aromatic rings. The van der Waals surface area contributed by atoms with Crippen LogP contribution in [0.15, 0.2) is 36.5 Å². The van der Waals surface area contributed by atoms with E-state index in [1.165, 1.54) is 19.1 Å². The fourth-order valence-electron chi connectivity index (χ4n) is 2.78. The van der Waals surface area contributed by atoms with Crippen molar-refractivity contribution in [2.45, 2.75) is 19.1 Å². The van der Waals surface area contributed by atoms with Crippen LogP contribution in [0.25, 0.3) is 0 Å². The Kier molecular flexibility index (Phi) is 5.98. The molecule has 3 amide bonds. The monoisotopic (exact) mass is 455 g/mol. The molecule has 162 valence electrons. The van der Waals surface area contributed by atoms with Crippen LogP contribution in [0.5, 0.6) is 0 Å². The Balaban J connectivity index is 1.59. The van der Waals surface area contributed by atoms with Crippen molar-refractivity contribution in [1.82, 2.24) is 9.88 Å². The van der Waals surface area contributed by atoms with Gasteiger partial charge in [-0.2, -0.15) is 13.2 Å². The van der Waals surface area contributed by atoms with Gasteiger partial charge in [0.15, 0.2) is 12.4 Å². The highest BCUT2D eigenvalue weighted by atomic mass is 35.5. The predicted molar refractivity (Wildman–Crippen MR) is 100 cm³/mol. The molecule has 0 saturated carbocycles. The van der Waals surface area contributed by atoms with Crippen molar-refractivity contribution in [3.63, 3.8) is 0 Å². The van der Waals surface area contributed by atoms with Crippen molar-refractivity contribution in [2.75, 3.05) is 11.9 Å². The van der Waals surface area contributed by atoms with Gasteiger partial charge in [-0.25, -0.2) is 9.78 Å². The Morgan fingerprint density at radius 3 is 2.29 bits per heavy atom. The second kappa shape index (κ2) is 8.34. The number of nitrogens with zero attached hydrogens (tertiary/aromatic N) is 2. The molecular formula is C19H13ClF3N3O5. The van der Waals surface area contributed by atoms with Crippen molar-refractivity contribution in [3.05, 3.63) is 58.2 Å². The standard InChI is InChI=1S/C19H13ClF3N3O5/c1-9(26-16(28)11-4-2-3-5-12(11)17(26)29)18(30)31-8-14(27)25-15-13(20)6-10(7-24-15)19(21,22)23/h2-7,9H,8H2,1H3,(H,24,25,27)/t9-/m1/s1. The topological polar surface area (TPSA) is 106 Å². The highest BCUT2D eigenvalue weighted by Crippen LogP contribution is 2.32. The van der Waals surface area contributed by atoms with Gasteiger partial charge >= 0.3 is 12.1 Å². The summed E-state index contributed by atoms with van der Waals surface area (Å²) in [5.41, 5.74) is -0.808. The van der Waals surface area contributed by atoms with E-state index in [1.54, 1.807) is 12.1 Å². The molecule has 2 heterocycles. The SMILES string of the molecule is C[C@H](C(=O)OCC(=O)Nc1ncc(C(F)(F)F)cc1Cl)N1C(=O)c2ccccc2C1=O. The molecule has 1 N–H and O–H groups in total. The van der Waals surface area contributed by atoms with Crippen molar-refractivity contribution in [1.29, 1.82) is 0 Å². The van der Waals surface area contributed by atoms with Crippen molar-refractivity contribution in [3.8, 4) is 0 Å². The first-order valence-corrected chi connectivity index (χ1v) is 9.04. The number of pyridine rings is 1. The summed E-state index contributed by atoms with van der Waals surface area (Å²) in [5.74, 6) is -3.66. The van der Waals surface area contributed by atoms with E-state index in [9.17, 15) is 32.3 Å². The van der Waals surface area contributed by atoms with E-state index < -0.39 is 53.1 Å². The van der Waals surface area contributed by atoms with E-state index in [4.69, 9.17) is 16.3 Å². The van der Waals surface area contributed by atoms with Crippen LogP contribution < -0.4 is 5.32 Å². The molecule has 0 saturated heterocycles. The number of aromatic nitrogens is 1. The molecule has 0 unspecified atom stereocenters. The maximum Gasteiger partial charge on any atom is 0.417 e. The Morgan fingerprint density at radius 1 is 1.19 bits per heavy atom. The van der Waals surface area contributed by atoms with Crippen LogP contribution in [0.4, 0.5) is 19.0 Å². The van der Waals surface area contributed by atoms with Crippen LogP contribution in [0, 0.1) is 0 Å². The number of rotatable bonds is 5. The largest absolute Gasteiger partial charge is 0.454 e. The number of nitrogens with one attached hydrogen (secondary N) is 1. The summed E-state index contributed by atoms with van der Waals surface area (Å²) in [4.78, 5) is 53.1. The highest BCUT2D eigenvalue weighted by Gasteiger charge is 2.41. The third kappa shape index (κ3) is 4.50. The normalized spacial score (nSPS) is 14.3. The quantitative estimate of drug-likeness (QED) is 0.549. The van der Waals surface area contributed by atoms with E-state index in [0.29, 0.717) is 12.3 Å². The van der Waals surface area contributed by atoms with Gasteiger partial charge in [0.2, 0.25) is 0 Å². The second-order valence-electron chi connectivity index (χ2n) is 6.41. The van der Waals surface area contributed by atoms with Crippen molar-refractivity contribution < 1.29 is 37.1 Å². The molecule has 1 aromatic heterocycles. The Labute approximate surface area is 177 Å². The fraction of sp³-hybridized carbons (Fsp3) is 0.211. The third-order valence-corrected chi connectivity index (χ3v) is 4.61. The number of amides is 3. The van der Waals surface area contributed by atoms with Crippen LogP contribution >= 0.6 is 11.6 Å². The molecule has 12 heteroatoms. The molecule has 3 rings (SSSR count). The van der Waals surface area contributed by atoms with Gasteiger partial charge in [-0.15, -0.1) is 0 Å². The summed E-state index contributed by atoms with van der Waals surface area (Å²) >= 11 is 5.69.